The minimum atomic E-state index is -3.59. The van der Waals surface area contributed by atoms with Gasteiger partial charge in [-0.15, -0.1) is 0 Å². The van der Waals surface area contributed by atoms with Crippen LogP contribution in [-0.2, 0) is 9.84 Å². The minimum absolute atomic E-state index is 0.123. The van der Waals surface area contributed by atoms with Crippen LogP contribution in [0.15, 0.2) is 41.1 Å². The molecule has 6 heteroatoms. The van der Waals surface area contributed by atoms with Crippen LogP contribution in [-0.4, -0.2) is 13.3 Å². The Labute approximate surface area is 80.8 Å². The number of nitrogens with zero attached hydrogens (tertiary/aromatic N) is 1. The Morgan fingerprint density at radius 3 is 2.57 bits per heavy atom. The van der Waals surface area contributed by atoms with Gasteiger partial charge in [-0.05, 0) is 6.07 Å². The maximum atomic E-state index is 11.2. The van der Waals surface area contributed by atoms with E-state index in [1.807, 2.05) is 0 Å². The van der Waals surface area contributed by atoms with Gasteiger partial charge in [0.1, 0.15) is 0 Å². The highest BCUT2D eigenvalue weighted by Crippen LogP contribution is 2.18. The molecular formula is C8H7NO4S. The van der Waals surface area contributed by atoms with E-state index in [1.54, 1.807) is 0 Å². The van der Waals surface area contributed by atoms with E-state index in [9.17, 15) is 18.5 Å². The molecule has 1 rings (SSSR count). The molecule has 0 atom stereocenters. The van der Waals surface area contributed by atoms with E-state index >= 15 is 0 Å². The van der Waals surface area contributed by atoms with Crippen molar-refractivity contribution in [1.82, 2.24) is 0 Å². The monoisotopic (exact) mass is 213 g/mol. The molecule has 0 aliphatic rings. The van der Waals surface area contributed by atoms with E-state index in [0.29, 0.717) is 0 Å². The number of nitro groups is 1. The number of sulfone groups is 1. The fourth-order valence-corrected chi connectivity index (χ4v) is 1.62. The van der Waals surface area contributed by atoms with Gasteiger partial charge in [-0.2, -0.15) is 0 Å². The third kappa shape index (κ3) is 1.97. The topological polar surface area (TPSA) is 77.3 Å². The molecule has 0 N–H and O–H groups in total. The molecule has 5 nitrogen and oxygen atoms in total. The van der Waals surface area contributed by atoms with E-state index in [4.69, 9.17) is 0 Å². The van der Waals surface area contributed by atoms with Crippen LogP contribution in [0.3, 0.4) is 0 Å². The Hall–Kier alpha value is -1.69. The predicted molar refractivity (Wildman–Crippen MR) is 50.5 cm³/mol. The van der Waals surface area contributed by atoms with Crippen LogP contribution in [0.2, 0.25) is 0 Å². The lowest BCUT2D eigenvalue weighted by Gasteiger charge is -1.97. The molecule has 0 unspecified atom stereocenters. The largest absolute Gasteiger partial charge is 0.270 e. The van der Waals surface area contributed by atoms with Gasteiger partial charge in [0.2, 0.25) is 0 Å². The smallest absolute Gasteiger partial charge is 0.258 e. The van der Waals surface area contributed by atoms with Gasteiger partial charge in [0.15, 0.2) is 9.84 Å². The van der Waals surface area contributed by atoms with E-state index in [1.165, 1.54) is 18.2 Å². The van der Waals surface area contributed by atoms with Gasteiger partial charge in [0.25, 0.3) is 5.69 Å². The van der Waals surface area contributed by atoms with Crippen LogP contribution >= 0.6 is 0 Å². The fourth-order valence-electron chi connectivity index (χ4n) is 0.870. The number of benzene rings is 1. The standard InChI is InChI=1S/C8H7NO4S/c1-2-14(12,13)8-5-3-4-7(6-8)9(10)11/h2-6H,1H2. The Morgan fingerprint density at radius 1 is 1.43 bits per heavy atom. The van der Waals surface area contributed by atoms with Gasteiger partial charge in [-0.25, -0.2) is 8.42 Å². The SMILES string of the molecule is C=CS(=O)(=O)c1cccc([N+](=O)[O-])c1. The molecule has 0 heterocycles. The zero-order valence-corrected chi connectivity index (χ0v) is 7.90. The Morgan fingerprint density at radius 2 is 2.07 bits per heavy atom. The molecule has 0 aliphatic heterocycles. The number of hydrogen-bond acceptors (Lipinski definition) is 4. The first-order chi connectivity index (χ1) is 6.47. The van der Waals surface area contributed by atoms with Crippen molar-refractivity contribution in [2.75, 3.05) is 0 Å². The van der Waals surface area contributed by atoms with E-state index in [0.717, 1.165) is 11.5 Å². The lowest BCUT2D eigenvalue weighted by Crippen LogP contribution is -1.96. The zero-order chi connectivity index (χ0) is 10.8. The van der Waals surface area contributed by atoms with Gasteiger partial charge >= 0.3 is 0 Å². The van der Waals surface area contributed by atoms with Crippen molar-refractivity contribution in [2.24, 2.45) is 0 Å². The van der Waals surface area contributed by atoms with Crippen molar-refractivity contribution in [3.8, 4) is 0 Å². The average Bonchev–Trinajstić information content (AvgIpc) is 2.18. The molecule has 0 saturated heterocycles. The summed E-state index contributed by atoms with van der Waals surface area (Å²) >= 11 is 0. The molecule has 0 spiro atoms. The molecule has 0 fully saturated rings. The number of rotatable bonds is 3. The second-order valence-corrected chi connectivity index (χ2v) is 4.36. The third-order valence-electron chi connectivity index (χ3n) is 1.58. The van der Waals surface area contributed by atoms with Gasteiger partial charge < -0.3 is 0 Å². The van der Waals surface area contributed by atoms with Crippen molar-refractivity contribution >= 4 is 15.5 Å². The van der Waals surface area contributed by atoms with Crippen molar-refractivity contribution in [1.29, 1.82) is 0 Å². The number of nitro benzene ring substituents is 1. The first kappa shape index (κ1) is 10.4. The summed E-state index contributed by atoms with van der Waals surface area (Å²) in [5.41, 5.74) is -0.257. The summed E-state index contributed by atoms with van der Waals surface area (Å²) in [5, 5.41) is 11.1. The molecule has 0 radical (unpaired) electrons. The van der Waals surface area contributed by atoms with Crippen molar-refractivity contribution in [3.05, 3.63) is 46.4 Å². The Bertz CT molecular complexity index is 478. The first-order valence-corrected chi connectivity index (χ1v) is 5.14. The molecule has 0 bridgehead atoms. The van der Waals surface area contributed by atoms with Crippen LogP contribution in [0, 0.1) is 10.1 Å². The summed E-state index contributed by atoms with van der Waals surface area (Å²) in [6, 6.07) is 4.82. The molecule has 1 aromatic carbocycles. The van der Waals surface area contributed by atoms with Crippen molar-refractivity contribution in [2.45, 2.75) is 4.90 Å². The van der Waals surface area contributed by atoms with Crippen LogP contribution in [0.4, 0.5) is 5.69 Å². The maximum absolute atomic E-state index is 11.2. The molecule has 0 amide bonds. The van der Waals surface area contributed by atoms with Gasteiger partial charge in [0, 0.05) is 17.5 Å². The van der Waals surface area contributed by atoms with E-state index < -0.39 is 14.8 Å². The van der Waals surface area contributed by atoms with Crippen LogP contribution in [0.25, 0.3) is 0 Å². The maximum Gasteiger partial charge on any atom is 0.270 e. The molecule has 0 aliphatic carbocycles. The molecular weight excluding hydrogens is 206 g/mol. The molecule has 74 valence electrons. The van der Waals surface area contributed by atoms with Crippen LogP contribution < -0.4 is 0 Å². The van der Waals surface area contributed by atoms with Crippen molar-refractivity contribution in [3.63, 3.8) is 0 Å². The highest BCUT2D eigenvalue weighted by Gasteiger charge is 2.13. The van der Waals surface area contributed by atoms with Crippen LogP contribution in [0.5, 0.6) is 0 Å². The van der Waals surface area contributed by atoms with Crippen LogP contribution in [0.1, 0.15) is 0 Å². The average molecular weight is 213 g/mol. The first-order valence-electron chi connectivity index (χ1n) is 3.59. The van der Waals surface area contributed by atoms with Gasteiger partial charge in [-0.1, -0.05) is 12.6 Å². The summed E-state index contributed by atoms with van der Waals surface area (Å²) in [7, 11) is -3.59. The number of hydrogen-bond donors (Lipinski definition) is 0. The Kier molecular flexibility index (Phi) is 2.66. The second-order valence-electron chi connectivity index (χ2n) is 2.47. The molecule has 0 saturated carbocycles. The summed E-state index contributed by atoms with van der Waals surface area (Å²) in [6.07, 6.45) is 0. The molecule has 0 aromatic heterocycles. The molecule has 1 aromatic rings. The van der Waals surface area contributed by atoms with E-state index in [-0.39, 0.29) is 10.6 Å². The summed E-state index contributed by atoms with van der Waals surface area (Å²) < 4.78 is 22.5. The zero-order valence-electron chi connectivity index (χ0n) is 7.08. The lowest BCUT2D eigenvalue weighted by molar-refractivity contribution is -0.385. The highest BCUT2D eigenvalue weighted by molar-refractivity contribution is 7.94. The summed E-state index contributed by atoms with van der Waals surface area (Å²) in [4.78, 5) is 9.58. The predicted octanol–water partition coefficient (Wildman–Crippen LogP) is 1.51. The number of non-ortho nitro benzene ring substituents is 1. The van der Waals surface area contributed by atoms with E-state index in [2.05, 4.69) is 6.58 Å². The quantitative estimate of drug-likeness (QED) is 0.563. The highest BCUT2D eigenvalue weighted by atomic mass is 32.2. The minimum Gasteiger partial charge on any atom is -0.258 e. The summed E-state index contributed by atoms with van der Waals surface area (Å²) in [6.45, 7) is 3.13. The van der Waals surface area contributed by atoms with Gasteiger partial charge in [0.05, 0.1) is 9.82 Å². The summed E-state index contributed by atoms with van der Waals surface area (Å²) in [5.74, 6) is 0. The third-order valence-corrected chi connectivity index (χ3v) is 2.93. The second kappa shape index (κ2) is 3.59. The molecule has 14 heavy (non-hydrogen) atoms. The normalized spacial score (nSPS) is 10.9. The van der Waals surface area contributed by atoms with Gasteiger partial charge in [-0.3, -0.25) is 10.1 Å². The fraction of sp³-hybridized carbons (Fsp3) is 0. The Balaban J connectivity index is 3.33. The lowest BCUT2D eigenvalue weighted by atomic mass is 10.3. The van der Waals surface area contributed by atoms with Crippen molar-refractivity contribution < 1.29 is 13.3 Å².